The Balaban J connectivity index is 1.25. The number of carbonyl (C=O) groups excluding carboxylic acids is 1. The molecule has 334 valence electrons. The van der Waals surface area contributed by atoms with Crippen molar-refractivity contribution in [1.29, 1.82) is 0 Å². The highest BCUT2D eigenvalue weighted by molar-refractivity contribution is 6.28. The lowest BCUT2D eigenvalue weighted by molar-refractivity contribution is 0.0543. The molecule has 0 N–H and O–H groups in total. The number of aromatic nitrogens is 1. The summed E-state index contributed by atoms with van der Waals surface area (Å²) in [7, 11) is 0. The van der Waals surface area contributed by atoms with Crippen LogP contribution in [-0.2, 0) is 4.74 Å². The summed E-state index contributed by atoms with van der Waals surface area (Å²) in [4.78, 5) is 20.8. The van der Waals surface area contributed by atoms with Gasteiger partial charge in [-0.15, -0.1) is 0 Å². The molecule has 1 heterocycles. The van der Waals surface area contributed by atoms with Crippen molar-refractivity contribution in [3.63, 3.8) is 0 Å². The molecule has 0 atom stereocenters. The first-order chi connectivity index (χ1) is 34.3. The third-order valence-corrected chi connectivity index (χ3v) is 13.8. The molecule has 70 heavy (non-hydrogen) atoms. The topological polar surface area (TPSA) is 37.7 Å². The van der Waals surface area contributed by atoms with Gasteiger partial charge < -0.3 is 4.74 Å². The smallest absolute Gasteiger partial charge is 0.421 e. The zero-order valence-corrected chi connectivity index (χ0v) is 39.1. The highest BCUT2D eigenvalue weighted by atomic mass is 16.6. The number of ether oxygens (including phenoxy) is 1. The monoisotopic (exact) mass is 901 g/mol. The largest absolute Gasteiger partial charge is 0.443 e. The number of benzene rings is 12. The summed E-state index contributed by atoms with van der Waals surface area (Å²) in [5, 5.41) is 13.9. The number of carbonyl (C=O) groups is 1. The summed E-state index contributed by atoms with van der Waals surface area (Å²) in [6.07, 6.45) is -0.505. The van der Waals surface area contributed by atoms with Gasteiger partial charge in [0.1, 0.15) is 17.2 Å². The van der Waals surface area contributed by atoms with E-state index in [1.807, 2.05) is 49.6 Å². The maximum absolute atomic E-state index is 16.2. The molecular weight excluding hydrogens is 855 g/mol. The molecular formula is C65H47N3O2. The van der Waals surface area contributed by atoms with E-state index in [1.165, 1.54) is 43.1 Å². The number of para-hydroxylation sites is 2. The van der Waals surface area contributed by atoms with Gasteiger partial charge in [0, 0.05) is 33.3 Å². The number of hydrogen-bond acceptors (Lipinski definition) is 4. The Morgan fingerprint density at radius 2 is 0.700 bits per heavy atom. The summed E-state index contributed by atoms with van der Waals surface area (Å²) < 4.78 is 8.59. The molecule has 0 saturated heterocycles. The van der Waals surface area contributed by atoms with Crippen molar-refractivity contribution in [3.8, 4) is 22.3 Å². The lowest BCUT2D eigenvalue weighted by Crippen LogP contribution is -2.31. The van der Waals surface area contributed by atoms with E-state index in [1.54, 1.807) is 0 Å². The molecule has 0 spiro atoms. The van der Waals surface area contributed by atoms with Gasteiger partial charge in [-0.3, -0.25) is 9.80 Å². The standard InChI is InChI=1S/C65H47N3O2/c1-65(2,3)70-64(69)68-62(66(50-26-12-6-13-27-50)54-40-36-48-32-30-44-22-16-24-46-34-38-52(54)58(48)56(44)46)60(42-18-8-4-9-19-42)61(43-20-10-5-11-21-43)63(68)67(51-28-14-7-15-29-51)55-41-37-49-33-31-45-23-17-25-47-35-39-53(55)59(49)57(45)47/h4-41H,1-3H3. The maximum atomic E-state index is 16.2. The summed E-state index contributed by atoms with van der Waals surface area (Å²) >= 11 is 0. The summed E-state index contributed by atoms with van der Waals surface area (Å²) in [5.74, 6) is 1.29. The Morgan fingerprint density at radius 1 is 0.371 bits per heavy atom. The normalized spacial score (nSPS) is 12.0. The molecule has 0 amide bonds. The molecule has 5 nitrogen and oxygen atoms in total. The molecule has 0 fully saturated rings. The van der Waals surface area contributed by atoms with Crippen molar-refractivity contribution < 1.29 is 9.53 Å². The van der Waals surface area contributed by atoms with E-state index in [4.69, 9.17) is 4.74 Å². The molecule has 0 radical (unpaired) electrons. The van der Waals surface area contributed by atoms with Crippen LogP contribution < -0.4 is 9.80 Å². The second-order valence-electron chi connectivity index (χ2n) is 19.2. The van der Waals surface area contributed by atoms with Crippen LogP contribution >= 0.6 is 0 Å². The van der Waals surface area contributed by atoms with Crippen molar-refractivity contribution in [2.75, 3.05) is 9.80 Å². The van der Waals surface area contributed by atoms with Crippen LogP contribution in [0.25, 0.3) is 86.9 Å². The third kappa shape index (κ3) is 6.57. The lowest BCUT2D eigenvalue weighted by atomic mass is 9.92. The third-order valence-electron chi connectivity index (χ3n) is 13.8. The fourth-order valence-electron chi connectivity index (χ4n) is 10.9. The number of rotatable bonds is 8. The maximum Gasteiger partial charge on any atom is 0.421 e. The van der Waals surface area contributed by atoms with Crippen LogP contribution in [-0.4, -0.2) is 16.3 Å². The van der Waals surface area contributed by atoms with Crippen molar-refractivity contribution in [3.05, 3.63) is 231 Å². The van der Waals surface area contributed by atoms with E-state index in [-0.39, 0.29) is 0 Å². The van der Waals surface area contributed by atoms with Gasteiger partial charge in [-0.1, -0.05) is 194 Å². The van der Waals surface area contributed by atoms with Gasteiger partial charge >= 0.3 is 6.09 Å². The molecule has 13 rings (SSSR count). The molecule has 1 aromatic heterocycles. The Kier molecular flexibility index (Phi) is 9.50. The van der Waals surface area contributed by atoms with Gasteiger partial charge in [0.2, 0.25) is 0 Å². The van der Waals surface area contributed by atoms with Crippen LogP contribution in [0.2, 0.25) is 0 Å². The number of hydrogen-bond donors (Lipinski definition) is 0. The van der Waals surface area contributed by atoms with E-state index in [0.717, 1.165) is 66.5 Å². The van der Waals surface area contributed by atoms with Crippen LogP contribution in [0.3, 0.4) is 0 Å². The Hall–Kier alpha value is -8.93. The fourth-order valence-corrected chi connectivity index (χ4v) is 10.9. The highest BCUT2D eigenvalue weighted by Crippen LogP contribution is 2.57. The molecule has 0 saturated carbocycles. The highest BCUT2D eigenvalue weighted by Gasteiger charge is 2.39. The first-order valence-electron chi connectivity index (χ1n) is 24.0. The van der Waals surface area contributed by atoms with Crippen LogP contribution in [0.4, 0.5) is 39.2 Å². The van der Waals surface area contributed by atoms with E-state index in [9.17, 15) is 0 Å². The second-order valence-corrected chi connectivity index (χ2v) is 19.2. The van der Waals surface area contributed by atoms with Gasteiger partial charge in [-0.2, -0.15) is 0 Å². The first-order valence-corrected chi connectivity index (χ1v) is 24.0. The van der Waals surface area contributed by atoms with Crippen LogP contribution in [0, 0.1) is 0 Å². The molecule has 0 aliphatic heterocycles. The zero-order chi connectivity index (χ0) is 47.1. The minimum Gasteiger partial charge on any atom is -0.443 e. The summed E-state index contributed by atoms with van der Waals surface area (Å²) in [5.41, 5.74) is 6.42. The first kappa shape index (κ1) is 41.3. The van der Waals surface area contributed by atoms with Crippen molar-refractivity contribution in [2.24, 2.45) is 0 Å². The van der Waals surface area contributed by atoms with Crippen LogP contribution in [0.1, 0.15) is 20.8 Å². The van der Waals surface area contributed by atoms with Gasteiger partial charge in [0.05, 0.1) is 11.4 Å². The van der Waals surface area contributed by atoms with Crippen molar-refractivity contribution >= 4 is 105 Å². The molecule has 5 heteroatoms. The molecule has 0 unspecified atom stereocenters. The summed E-state index contributed by atoms with van der Waals surface area (Å²) in [6, 6.07) is 81.7. The van der Waals surface area contributed by atoms with Gasteiger partial charge in [0.25, 0.3) is 0 Å². The molecule has 0 aliphatic rings. The minimum atomic E-state index is -0.856. The van der Waals surface area contributed by atoms with E-state index in [0.29, 0.717) is 11.6 Å². The van der Waals surface area contributed by atoms with Crippen molar-refractivity contribution in [2.45, 2.75) is 26.4 Å². The quantitative estimate of drug-likeness (QED) is 0.142. The predicted octanol–water partition coefficient (Wildman–Crippen LogP) is 18.3. The molecule has 0 aliphatic carbocycles. The Bertz CT molecular complexity index is 3800. The number of nitrogens with zero attached hydrogens (tertiary/aromatic N) is 3. The number of anilines is 6. The summed E-state index contributed by atoms with van der Waals surface area (Å²) in [6.45, 7) is 5.82. The van der Waals surface area contributed by atoms with Crippen LogP contribution in [0.5, 0.6) is 0 Å². The van der Waals surface area contributed by atoms with Crippen LogP contribution in [0.15, 0.2) is 231 Å². The second kappa shape index (κ2) is 16.1. The van der Waals surface area contributed by atoms with E-state index in [2.05, 4.69) is 216 Å². The zero-order valence-electron chi connectivity index (χ0n) is 39.1. The van der Waals surface area contributed by atoms with Gasteiger partial charge in [-0.25, -0.2) is 9.36 Å². The Morgan fingerprint density at radius 3 is 1.07 bits per heavy atom. The average Bonchev–Trinajstić information content (AvgIpc) is 3.74. The van der Waals surface area contributed by atoms with E-state index >= 15 is 4.79 Å². The molecule has 0 bridgehead atoms. The molecule has 13 aromatic rings. The minimum absolute atomic E-state index is 0.505. The predicted molar refractivity (Wildman–Crippen MR) is 294 cm³/mol. The fraction of sp³-hybridized carbons (Fsp3) is 0.0615. The van der Waals surface area contributed by atoms with E-state index < -0.39 is 11.7 Å². The SMILES string of the molecule is CC(C)(C)OC(=O)n1c(N(c2ccccc2)c2ccc3ccc4cccc5ccc2c3c45)c(-c2ccccc2)c(-c2ccccc2)c1N(c1ccccc1)c1ccc2ccc3cccc4ccc1c2c34. The Labute approximate surface area is 406 Å². The molecule has 12 aromatic carbocycles. The average molecular weight is 902 g/mol. The lowest BCUT2D eigenvalue weighted by Gasteiger charge is -2.32. The van der Waals surface area contributed by atoms with Gasteiger partial charge in [-0.05, 0) is 122 Å². The van der Waals surface area contributed by atoms with Gasteiger partial charge in [0.15, 0.2) is 0 Å². The van der Waals surface area contributed by atoms with Crippen molar-refractivity contribution in [1.82, 2.24) is 4.57 Å².